The monoisotopic (exact) mass is 444 g/mol. The SMILES string of the molecule is Cc1onc(-c2ccccc2)c1C(=O)N1CCC2(CC1)C[C@@H]2C(=O)NCCc1ccccn1. The van der Waals surface area contributed by atoms with E-state index in [4.69, 9.17) is 4.52 Å². The first-order chi connectivity index (χ1) is 16.1. The molecule has 1 saturated heterocycles. The quantitative estimate of drug-likeness (QED) is 0.627. The van der Waals surface area contributed by atoms with Gasteiger partial charge in [-0.15, -0.1) is 0 Å². The zero-order valence-corrected chi connectivity index (χ0v) is 18.8. The molecular weight excluding hydrogens is 416 g/mol. The van der Waals surface area contributed by atoms with Crippen molar-refractivity contribution in [3.05, 3.63) is 71.7 Å². The van der Waals surface area contributed by atoms with Gasteiger partial charge in [0, 0.05) is 49.4 Å². The number of aryl methyl sites for hydroxylation is 1. The lowest BCUT2D eigenvalue weighted by atomic mass is 9.90. The van der Waals surface area contributed by atoms with Crippen LogP contribution in [0, 0.1) is 18.3 Å². The standard InChI is InChI=1S/C26H28N4O3/c1-18-22(23(29-33-18)19-7-3-2-4-8-19)25(32)30-15-11-26(12-16-30)17-21(26)24(31)28-14-10-20-9-5-6-13-27-20/h2-9,13,21H,10-12,14-17H2,1H3,(H,28,31)/t21-/m1/s1. The smallest absolute Gasteiger partial charge is 0.259 e. The van der Waals surface area contributed by atoms with Crippen molar-refractivity contribution in [2.45, 2.75) is 32.6 Å². The van der Waals surface area contributed by atoms with Crippen LogP contribution in [0.5, 0.6) is 0 Å². The van der Waals surface area contributed by atoms with Crippen molar-refractivity contribution in [3.8, 4) is 11.3 Å². The fourth-order valence-electron chi connectivity index (χ4n) is 4.98. The Kier molecular flexibility index (Phi) is 5.70. The molecule has 0 bridgehead atoms. The highest BCUT2D eigenvalue weighted by Crippen LogP contribution is 2.59. The molecule has 170 valence electrons. The first-order valence-corrected chi connectivity index (χ1v) is 11.6. The lowest BCUT2D eigenvalue weighted by molar-refractivity contribution is -0.123. The fourth-order valence-corrected chi connectivity index (χ4v) is 4.98. The summed E-state index contributed by atoms with van der Waals surface area (Å²) in [6.45, 7) is 3.68. The van der Waals surface area contributed by atoms with Gasteiger partial charge in [-0.1, -0.05) is 41.6 Å². The largest absolute Gasteiger partial charge is 0.360 e. The van der Waals surface area contributed by atoms with Crippen LogP contribution in [0.2, 0.25) is 0 Å². The van der Waals surface area contributed by atoms with Gasteiger partial charge in [-0.3, -0.25) is 14.6 Å². The minimum atomic E-state index is -0.0422. The van der Waals surface area contributed by atoms with Gasteiger partial charge in [0.2, 0.25) is 5.91 Å². The van der Waals surface area contributed by atoms with Crippen molar-refractivity contribution in [1.29, 1.82) is 0 Å². The van der Waals surface area contributed by atoms with Crippen molar-refractivity contribution in [1.82, 2.24) is 20.4 Å². The van der Waals surface area contributed by atoms with Crippen LogP contribution < -0.4 is 5.32 Å². The summed E-state index contributed by atoms with van der Waals surface area (Å²) in [6.07, 6.45) is 5.11. The van der Waals surface area contributed by atoms with E-state index in [1.54, 1.807) is 13.1 Å². The molecule has 1 aliphatic heterocycles. The van der Waals surface area contributed by atoms with Gasteiger partial charge in [0.15, 0.2) is 0 Å². The molecule has 1 saturated carbocycles. The average Bonchev–Trinajstić information content (AvgIpc) is 3.41. The highest BCUT2D eigenvalue weighted by atomic mass is 16.5. The molecule has 1 spiro atoms. The van der Waals surface area contributed by atoms with E-state index < -0.39 is 0 Å². The van der Waals surface area contributed by atoms with Crippen LogP contribution >= 0.6 is 0 Å². The number of likely N-dealkylation sites (tertiary alicyclic amines) is 1. The van der Waals surface area contributed by atoms with Crippen molar-refractivity contribution >= 4 is 11.8 Å². The van der Waals surface area contributed by atoms with E-state index in [2.05, 4.69) is 15.5 Å². The fraction of sp³-hybridized carbons (Fsp3) is 0.385. The summed E-state index contributed by atoms with van der Waals surface area (Å²) in [5.74, 6) is 0.679. The Morgan fingerprint density at radius 1 is 1.12 bits per heavy atom. The third-order valence-corrected chi connectivity index (χ3v) is 7.08. The number of pyridine rings is 1. The molecule has 2 aromatic heterocycles. The molecule has 7 nitrogen and oxygen atoms in total. The van der Waals surface area contributed by atoms with Gasteiger partial charge < -0.3 is 14.7 Å². The van der Waals surface area contributed by atoms with E-state index in [-0.39, 0.29) is 23.1 Å². The molecule has 2 amide bonds. The van der Waals surface area contributed by atoms with E-state index in [9.17, 15) is 9.59 Å². The van der Waals surface area contributed by atoms with Gasteiger partial charge in [0.05, 0.1) is 0 Å². The Labute approximate surface area is 193 Å². The highest BCUT2D eigenvalue weighted by Gasteiger charge is 2.58. The van der Waals surface area contributed by atoms with Crippen LogP contribution in [0.4, 0.5) is 0 Å². The average molecular weight is 445 g/mol. The molecular formula is C26H28N4O3. The first-order valence-electron chi connectivity index (χ1n) is 11.6. The predicted molar refractivity (Wildman–Crippen MR) is 123 cm³/mol. The van der Waals surface area contributed by atoms with E-state index in [1.165, 1.54) is 0 Å². The summed E-state index contributed by atoms with van der Waals surface area (Å²) >= 11 is 0. The van der Waals surface area contributed by atoms with Crippen LogP contribution in [-0.4, -0.2) is 46.5 Å². The normalized spacial score (nSPS) is 18.8. The van der Waals surface area contributed by atoms with Crippen molar-refractivity contribution in [3.63, 3.8) is 0 Å². The Hall–Kier alpha value is -3.48. The summed E-state index contributed by atoms with van der Waals surface area (Å²) in [5.41, 5.74) is 3.02. The summed E-state index contributed by atoms with van der Waals surface area (Å²) in [7, 11) is 0. The Balaban J connectivity index is 1.16. The van der Waals surface area contributed by atoms with E-state index >= 15 is 0 Å². The van der Waals surface area contributed by atoms with Gasteiger partial charge in [-0.2, -0.15) is 0 Å². The molecule has 1 N–H and O–H groups in total. The number of piperidine rings is 1. The number of benzene rings is 1. The summed E-state index contributed by atoms with van der Waals surface area (Å²) in [4.78, 5) is 32.2. The maximum Gasteiger partial charge on any atom is 0.259 e. The van der Waals surface area contributed by atoms with Crippen LogP contribution in [0.15, 0.2) is 59.3 Å². The minimum Gasteiger partial charge on any atom is -0.360 e. The number of hydrogen-bond acceptors (Lipinski definition) is 5. The number of aromatic nitrogens is 2. The van der Waals surface area contributed by atoms with Gasteiger partial charge in [-0.05, 0) is 43.7 Å². The number of nitrogens with zero attached hydrogens (tertiary/aromatic N) is 3. The Bertz CT molecular complexity index is 1130. The number of carbonyl (C=O) groups is 2. The maximum atomic E-state index is 13.3. The van der Waals surface area contributed by atoms with Crippen LogP contribution in [0.3, 0.4) is 0 Å². The number of hydrogen-bond donors (Lipinski definition) is 1. The minimum absolute atomic E-state index is 0.0395. The zero-order chi connectivity index (χ0) is 22.8. The second-order valence-corrected chi connectivity index (χ2v) is 9.10. The Morgan fingerprint density at radius 3 is 2.61 bits per heavy atom. The van der Waals surface area contributed by atoms with Gasteiger partial charge in [0.25, 0.3) is 5.91 Å². The number of nitrogens with one attached hydrogen (secondary N) is 1. The molecule has 1 aliphatic carbocycles. The molecule has 1 aromatic carbocycles. The zero-order valence-electron chi connectivity index (χ0n) is 18.8. The second-order valence-electron chi connectivity index (χ2n) is 9.10. The van der Waals surface area contributed by atoms with Gasteiger partial charge in [-0.25, -0.2) is 0 Å². The van der Waals surface area contributed by atoms with Gasteiger partial charge >= 0.3 is 0 Å². The topological polar surface area (TPSA) is 88.3 Å². The summed E-state index contributed by atoms with van der Waals surface area (Å²) in [6, 6.07) is 15.5. The van der Waals surface area contributed by atoms with Gasteiger partial charge in [0.1, 0.15) is 17.0 Å². The van der Waals surface area contributed by atoms with E-state index in [1.807, 2.05) is 53.4 Å². The van der Waals surface area contributed by atoms with Crippen LogP contribution in [0.25, 0.3) is 11.3 Å². The molecule has 2 aliphatic rings. The molecule has 33 heavy (non-hydrogen) atoms. The highest BCUT2D eigenvalue weighted by molar-refractivity contribution is 6.00. The van der Waals surface area contributed by atoms with Crippen LogP contribution in [-0.2, 0) is 11.2 Å². The molecule has 5 rings (SSSR count). The summed E-state index contributed by atoms with van der Waals surface area (Å²) in [5, 5.41) is 7.22. The number of rotatable bonds is 6. The lowest BCUT2D eigenvalue weighted by Crippen LogP contribution is -2.41. The third-order valence-electron chi connectivity index (χ3n) is 7.08. The number of carbonyl (C=O) groups excluding carboxylic acids is 2. The van der Waals surface area contributed by atoms with E-state index in [0.29, 0.717) is 36.7 Å². The summed E-state index contributed by atoms with van der Waals surface area (Å²) < 4.78 is 5.38. The number of amides is 2. The molecule has 3 heterocycles. The first kappa shape index (κ1) is 21.4. The second kappa shape index (κ2) is 8.81. The molecule has 0 unspecified atom stereocenters. The Morgan fingerprint density at radius 2 is 1.88 bits per heavy atom. The molecule has 2 fully saturated rings. The van der Waals surface area contributed by atoms with E-state index in [0.717, 1.165) is 36.9 Å². The molecule has 0 radical (unpaired) electrons. The maximum absolute atomic E-state index is 13.3. The molecule has 3 aromatic rings. The molecule has 7 heteroatoms. The van der Waals surface area contributed by atoms with Crippen molar-refractivity contribution < 1.29 is 14.1 Å². The predicted octanol–water partition coefficient (Wildman–Crippen LogP) is 3.65. The molecule has 1 atom stereocenters. The van der Waals surface area contributed by atoms with Crippen molar-refractivity contribution in [2.24, 2.45) is 11.3 Å². The third kappa shape index (κ3) is 4.27. The lowest BCUT2D eigenvalue weighted by Gasteiger charge is -2.33. The van der Waals surface area contributed by atoms with Crippen LogP contribution in [0.1, 0.15) is 41.1 Å². The van der Waals surface area contributed by atoms with Crippen molar-refractivity contribution in [2.75, 3.05) is 19.6 Å².